The molecular formula is C17H18ClN3O4S. The van der Waals surface area contributed by atoms with Crippen molar-refractivity contribution in [3.05, 3.63) is 35.5 Å². The van der Waals surface area contributed by atoms with Crippen LogP contribution in [-0.4, -0.2) is 59.0 Å². The first-order valence-corrected chi connectivity index (χ1v) is 9.76. The van der Waals surface area contributed by atoms with Crippen LogP contribution in [0, 0.1) is 0 Å². The minimum absolute atomic E-state index is 0.267. The van der Waals surface area contributed by atoms with Gasteiger partial charge in [0, 0.05) is 11.9 Å². The average Bonchev–Trinajstić information content (AvgIpc) is 3.21. The Balaban J connectivity index is 1.44. The lowest BCUT2D eigenvalue weighted by Gasteiger charge is -2.19. The van der Waals surface area contributed by atoms with Crippen LogP contribution in [0.15, 0.2) is 35.6 Å². The minimum atomic E-state index is -0.602. The lowest BCUT2D eigenvalue weighted by atomic mass is 10.1. The Morgan fingerprint density at radius 3 is 2.92 bits per heavy atom. The molecule has 26 heavy (non-hydrogen) atoms. The molecule has 0 amide bonds. The summed E-state index contributed by atoms with van der Waals surface area (Å²) < 4.78 is 17.1. The molecule has 2 aliphatic heterocycles. The monoisotopic (exact) mass is 395 g/mol. The van der Waals surface area contributed by atoms with Gasteiger partial charge >= 0.3 is 0 Å². The third-order valence-electron chi connectivity index (χ3n) is 4.28. The van der Waals surface area contributed by atoms with Crippen molar-refractivity contribution in [1.29, 1.82) is 0 Å². The summed E-state index contributed by atoms with van der Waals surface area (Å²) in [5.41, 5.74) is 0.793. The molecule has 9 heteroatoms. The number of nitrogens with zero attached hydrogens (tertiary/aromatic N) is 2. The summed E-state index contributed by atoms with van der Waals surface area (Å²) in [4.78, 5) is 8.52. The van der Waals surface area contributed by atoms with Crippen molar-refractivity contribution >= 4 is 34.9 Å². The van der Waals surface area contributed by atoms with Gasteiger partial charge < -0.3 is 24.6 Å². The van der Waals surface area contributed by atoms with E-state index in [0.29, 0.717) is 28.4 Å². The SMILES string of the molecule is CSc1nccc(Nc2ccc(O[C@H]3CO[C@H]4[C@@H]3OC[C@@H]4O)c(Cl)c2)n1. The molecule has 2 saturated heterocycles. The maximum Gasteiger partial charge on any atom is 0.189 e. The quantitative estimate of drug-likeness (QED) is 0.590. The Morgan fingerprint density at radius 2 is 2.12 bits per heavy atom. The standard InChI is InChI=1S/C17H18ClN3O4S/c1-26-17-19-5-4-14(21-17)20-9-2-3-12(10(18)6-9)25-13-8-24-15-11(22)7-23-16(13)15/h2-6,11,13,15-16,22H,7-8H2,1H3,(H,19,20,21)/t11-,13-,15+,16+/m0/s1. The molecule has 4 atom stereocenters. The molecular weight excluding hydrogens is 378 g/mol. The van der Waals surface area contributed by atoms with E-state index in [9.17, 15) is 5.11 Å². The van der Waals surface area contributed by atoms with E-state index in [4.69, 9.17) is 25.8 Å². The largest absolute Gasteiger partial charge is 0.484 e. The molecule has 2 aliphatic rings. The summed E-state index contributed by atoms with van der Waals surface area (Å²) in [6.45, 7) is 0.629. The smallest absolute Gasteiger partial charge is 0.189 e. The van der Waals surface area contributed by atoms with E-state index in [-0.39, 0.29) is 24.9 Å². The van der Waals surface area contributed by atoms with Crippen molar-refractivity contribution in [1.82, 2.24) is 9.97 Å². The summed E-state index contributed by atoms with van der Waals surface area (Å²) in [5.74, 6) is 1.23. The first-order chi connectivity index (χ1) is 12.6. The Bertz CT molecular complexity index is 796. The number of aromatic nitrogens is 2. The number of halogens is 1. The fraction of sp³-hybridized carbons (Fsp3) is 0.412. The van der Waals surface area contributed by atoms with Crippen LogP contribution in [0.3, 0.4) is 0 Å². The first-order valence-electron chi connectivity index (χ1n) is 8.15. The molecule has 0 bridgehead atoms. The number of nitrogens with one attached hydrogen (secondary N) is 1. The van der Waals surface area contributed by atoms with Gasteiger partial charge in [-0.3, -0.25) is 0 Å². The zero-order chi connectivity index (χ0) is 18.1. The van der Waals surface area contributed by atoms with E-state index < -0.39 is 6.10 Å². The summed E-state index contributed by atoms with van der Waals surface area (Å²) in [6, 6.07) is 7.21. The van der Waals surface area contributed by atoms with E-state index >= 15 is 0 Å². The fourth-order valence-electron chi connectivity index (χ4n) is 3.04. The number of benzene rings is 1. The number of aliphatic hydroxyl groups is 1. The zero-order valence-corrected chi connectivity index (χ0v) is 15.5. The van der Waals surface area contributed by atoms with Gasteiger partial charge in [0.05, 0.1) is 18.2 Å². The van der Waals surface area contributed by atoms with E-state index in [1.807, 2.05) is 12.3 Å². The molecule has 3 heterocycles. The van der Waals surface area contributed by atoms with Crippen molar-refractivity contribution in [3.63, 3.8) is 0 Å². The number of rotatable bonds is 5. The number of hydrogen-bond donors (Lipinski definition) is 2. The van der Waals surface area contributed by atoms with Crippen LogP contribution in [0.25, 0.3) is 0 Å². The van der Waals surface area contributed by atoms with Crippen LogP contribution in [-0.2, 0) is 9.47 Å². The second-order valence-corrected chi connectivity index (χ2v) is 7.20. The number of hydrogen-bond acceptors (Lipinski definition) is 8. The number of ether oxygens (including phenoxy) is 3. The summed E-state index contributed by atoms with van der Waals surface area (Å²) >= 11 is 7.85. The molecule has 2 fully saturated rings. The van der Waals surface area contributed by atoms with Crippen LogP contribution in [0.2, 0.25) is 5.02 Å². The van der Waals surface area contributed by atoms with Crippen molar-refractivity contribution < 1.29 is 19.3 Å². The normalized spacial score (nSPS) is 27.3. The highest BCUT2D eigenvalue weighted by molar-refractivity contribution is 7.98. The maximum absolute atomic E-state index is 9.80. The van der Waals surface area contributed by atoms with Gasteiger partial charge in [-0.05, 0) is 30.5 Å². The zero-order valence-electron chi connectivity index (χ0n) is 14.0. The Hall–Kier alpha value is -1.58. The van der Waals surface area contributed by atoms with Gasteiger partial charge in [0.25, 0.3) is 0 Å². The molecule has 2 N–H and O–H groups in total. The van der Waals surface area contributed by atoms with Gasteiger partial charge in [0.15, 0.2) is 11.3 Å². The third-order valence-corrected chi connectivity index (χ3v) is 5.14. The lowest BCUT2D eigenvalue weighted by Crippen LogP contribution is -2.34. The molecule has 138 valence electrons. The van der Waals surface area contributed by atoms with Gasteiger partial charge in [0.1, 0.15) is 29.9 Å². The van der Waals surface area contributed by atoms with Crippen LogP contribution in [0.1, 0.15) is 0 Å². The highest BCUT2D eigenvalue weighted by atomic mass is 35.5. The Morgan fingerprint density at radius 1 is 1.27 bits per heavy atom. The van der Waals surface area contributed by atoms with Gasteiger partial charge in [-0.25, -0.2) is 9.97 Å². The van der Waals surface area contributed by atoms with Crippen molar-refractivity contribution in [2.24, 2.45) is 0 Å². The minimum Gasteiger partial charge on any atom is -0.484 e. The van der Waals surface area contributed by atoms with Gasteiger partial charge in [-0.15, -0.1) is 0 Å². The number of anilines is 2. The van der Waals surface area contributed by atoms with Gasteiger partial charge in [-0.1, -0.05) is 23.4 Å². The van der Waals surface area contributed by atoms with E-state index in [1.54, 1.807) is 24.4 Å². The van der Waals surface area contributed by atoms with Crippen molar-refractivity contribution in [2.75, 3.05) is 24.8 Å². The third kappa shape index (κ3) is 3.60. The molecule has 0 saturated carbocycles. The van der Waals surface area contributed by atoms with Crippen molar-refractivity contribution in [3.8, 4) is 5.75 Å². The highest BCUT2D eigenvalue weighted by Crippen LogP contribution is 2.34. The van der Waals surface area contributed by atoms with E-state index in [1.165, 1.54) is 11.8 Å². The lowest BCUT2D eigenvalue weighted by molar-refractivity contribution is 0.00865. The van der Waals surface area contributed by atoms with Gasteiger partial charge in [0.2, 0.25) is 0 Å². The predicted octanol–water partition coefficient (Wildman–Crippen LogP) is 2.50. The molecule has 0 aliphatic carbocycles. The second-order valence-electron chi connectivity index (χ2n) is 6.02. The predicted molar refractivity (Wildman–Crippen MR) is 98.5 cm³/mol. The number of fused-ring (bicyclic) bond motifs is 1. The molecule has 0 radical (unpaired) electrons. The first kappa shape index (κ1) is 17.8. The fourth-order valence-corrected chi connectivity index (χ4v) is 3.62. The average molecular weight is 396 g/mol. The second kappa shape index (κ2) is 7.58. The molecule has 2 aromatic rings. The van der Waals surface area contributed by atoms with E-state index in [0.717, 1.165) is 5.69 Å². The Kier molecular flexibility index (Phi) is 5.19. The molecule has 4 rings (SSSR count). The molecule has 0 unspecified atom stereocenters. The summed E-state index contributed by atoms with van der Waals surface area (Å²) in [5, 5.41) is 14.2. The molecule has 7 nitrogen and oxygen atoms in total. The van der Waals surface area contributed by atoms with Crippen LogP contribution in [0.5, 0.6) is 5.75 Å². The number of aliphatic hydroxyl groups excluding tert-OH is 1. The topological polar surface area (TPSA) is 85.7 Å². The van der Waals surface area contributed by atoms with E-state index in [2.05, 4.69) is 15.3 Å². The summed E-state index contributed by atoms with van der Waals surface area (Å²) in [6.07, 6.45) is 2.13. The summed E-state index contributed by atoms with van der Waals surface area (Å²) in [7, 11) is 0. The van der Waals surface area contributed by atoms with Gasteiger partial charge in [-0.2, -0.15) is 0 Å². The van der Waals surface area contributed by atoms with Crippen LogP contribution in [0.4, 0.5) is 11.5 Å². The molecule has 1 aromatic heterocycles. The highest BCUT2D eigenvalue weighted by Gasteiger charge is 2.48. The van der Waals surface area contributed by atoms with Crippen molar-refractivity contribution in [2.45, 2.75) is 29.6 Å². The maximum atomic E-state index is 9.80. The Labute approximate surface area is 160 Å². The molecule has 0 spiro atoms. The molecule has 1 aromatic carbocycles. The van der Waals surface area contributed by atoms with Crippen LogP contribution >= 0.6 is 23.4 Å². The van der Waals surface area contributed by atoms with Crippen LogP contribution < -0.4 is 10.1 Å². The number of thioether (sulfide) groups is 1.